The highest BCUT2D eigenvalue weighted by atomic mass is 32.2. The molecule has 2 rings (SSSR count). The molecule has 1 aliphatic rings. The van der Waals surface area contributed by atoms with E-state index in [4.69, 9.17) is 0 Å². The lowest BCUT2D eigenvalue weighted by Crippen LogP contribution is -2.38. The van der Waals surface area contributed by atoms with Crippen molar-refractivity contribution < 1.29 is 9.90 Å². The molecule has 3 nitrogen and oxygen atoms in total. The van der Waals surface area contributed by atoms with Gasteiger partial charge in [0.1, 0.15) is 0 Å². The molecule has 21 heavy (non-hydrogen) atoms. The topological polar surface area (TPSA) is 40.5 Å². The van der Waals surface area contributed by atoms with Crippen LogP contribution in [0.25, 0.3) is 0 Å². The van der Waals surface area contributed by atoms with Crippen molar-refractivity contribution in [1.29, 1.82) is 0 Å². The van der Waals surface area contributed by atoms with Crippen molar-refractivity contribution in [2.24, 2.45) is 11.3 Å². The zero-order valence-corrected chi connectivity index (χ0v) is 14.2. The van der Waals surface area contributed by atoms with Crippen molar-refractivity contribution in [1.82, 2.24) is 0 Å². The Hall–Kier alpha value is -1.16. The summed E-state index contributed by atoms with van der Waals surface area (Å²) in [6.45, 7) is 8.78. The summed E-state index contributed by atoms with van der Waals surface area (Å²) in [7, 11) is 0. The Kier molecular flexibility index (Phi) is 4.87. The standard InChI is InChI=1S/C17H25NO2S/c1-17(2,3)12-8-10-18(11-9-12)13-6-5-7-14(21-4)15(13)16(19)20/h5-7,12H,8-11H2,1-4H3,(H,19,20). The number of carbonyl (C=O) groups is 1. The summed E-state index contributed by atoms with van der Waals surface area (Å²) in [6, 6.07) is 5.80. The number of piperidine rings is 1. The summed E-state index contributed by atoms with van der Waals surface area (Å²) in [6.07, 6.45) is 4.19. The maximum absolute atomic E-state index is 11.6. The van der Waals surface area contributed by atoms with Gasteiger partial charge in [-0.15, -0.1) is 11.8 Å². The van der Waals surface area contributed by atoms with Gasteiger partial charge in [-0.25, -0.2) is 4.79 Å². The van der Waals surface area contributed by atoms with E-state index in [2.05, 4.69) is 25.7 Å². The predicted octanol–water partition coefficient (Wildman–Crippen LogP) is 4.37. The lowest BCUT2D eigenvalue weighted by molar-refractivity contribution is 0.0693. The van der Waals surface area contributed by atoms with Gasteiger partial charge in [0.15, 0.2) is 0 Å². The molecular formula is C17H25NO2S. The van der Waals surface area contributed by atoms with Crippen molar-refractivity contribution in [3.05, 3.63) is 23.8 Å². The second kappa shape index (κ2) is 6.30. The van der Waals surface area contributed by atoms with E-state index in [0.29, 0.717) is 16.9 Å². The highest BCUT2D eigenvalue weighted by Crippen LogP contribution is 2.37. The second-order valence-corrected chi connectivity index (χ2v) is 7.63. The summed E-state index contributed by atoms with van der Waals surface area (Å²) in [5, 5.41) is 9.55. The molecule has 4 heteroatoms. The van der Waals surface area contributed by atoms with E-state index in [-0.39, 0.29) is 0 Å². The zero-order valence-electron chi connectivity index (χ0n) is 13.3. The molecule has 1 saturated heterocycles. The van der Waals surface area contributed by atoms with Crippen LogP contribution in [-0.4, -0.2) is 30.4 Å². The average Bonchev–Trinajstić information content (AvgIpc) is 2.45. The third-order valence-electron chi connectivity index (χ3n) is 4.50. The Bertz CT molecular complexity index is 514. The van der Waals surface area contributed by atoms with Gasteiger partial charge >= 0.3 is 5.97 Å². The molecule has 0 aromatic heterocycles. The number of carboxylic acids is 1. The van der Waals surface area contributed by atoms with Crippen molar-refractivity contribution in [3.63, 3.8) is 0 Å². The van der Waals surface area contributed by atoms with Crippen LogP contribution < -0.4 is 4.90 Å². The minimum Gasteiger partial charge on any atom is -0.478 e. The molecule has 1 aliphatic heterocycles. The van der Waals surface area contributed by atoms with Gasteiger partial charge in [-0.05, 0) is 42.6 Å². The van der Waals surface area contributed by atoms with E-state index in [1.165, 1.54) is 11.8 Å². The number of aromatic carboxylic acids is 1. The van der Waals surface area contributed by atoms with E-state index in [0.717, 1.165) is 36.5 Å². The number of anilines is 1. The van der Waals surface area contributed by atoms with Crippen LogP contribution in [0.3, 0.4) is 0 Å². The highest BCUT2D eigenvalue weighted by Gasteiger charge is 2.30. The largest absolute Gasteiger partial charge is 0.478 e. The first-order chi connectivity index (χ1) is 9.84. The molecule has 0 atom stereocenters. The fourth-order valence-electron chi connectivity index (χ4n) is 3.15. The van der Waals surface area contributed by atoms with Gasteiger partial charge in [0.2, 0.25) is 0 Å². The molecule has 0 radical (unpaired) electrons. The first-order valence-corrected chi connectivity index (χ1v) is 8.72. The molecule has 0 spiro atoms. The Balaban J connectivity index is 2.23. The first-order valence-electron chi connectivity index (χ1n) is 7.50. The summed E-state index contributed by atoms with van der Waals surface area (Å²) in [5.41, 5.74) is 1.67. The van der Waals surface area contributed by atoms with Crippen molar-refractivity contribution in [2.75, 3.05) is 24.2 Å². The second-order valence-electron chi connectivity index (χ2n) is 6.79. The third-order valence-corrected chi connectivity index (χ3v) is 5.28. The molecule has 0 aliphatic carbocycles. The fraction of sp³-hybridized carbons (Fsp3) is 0.588. The predicted molar refractivity (Wildman–Crippen MR) is 89.6 cm³/mol. The normalized spacial score (nSPS) is 17.0. The monoisotopic (exact) mass is 307 g/mol. The van der Waals surface area contributed by atoms with Crippen LogP contribution in [0.4, 0.5) is 5.69 Å². The van der Waals surface area contributed by atoms with Crippen LogP contribution in [0, 0.1) is 11.3 Å². The van der Waals surface area contributed by atoms with Gasteiger partial charge in [0, 0.05) is 18.0 Å². The average molecular weight is 307 g/mol. The number of benzene rings is 1. The Morgan fingerprint density at radius 2 is 1.90 bits per heavy atom. The van der Waals surface area contributed by atoms with Gasteiger partial charge in [-0.2, -0.15) is 0 Å². The van der Waals surface area contributed by atoms with Gasteiger partial charge in [0.25, 0.3) is 0 Å². The molecule has 0 unspecified atom stereocenters. The zero-order chi connectivity index (χ0) is 15.6. The molecule has 0 amide bonds. The third kappa shape index (κ3) is 3.54. The smallest absolute Gasteiger partial charge is 0.338 e. The lowest BCUT2D eigenvalue weighted by atomic mass is 9.75. The minimum absolute atomic E-state index is 0.336. The molecular weight excluding hydrogens is 282 g/mol. The maximum atomic E-state index is 11.6. The molecule has 1 aromatic carbocycles. The van der Waals surface area contributed by atoms with Crippen LogP contribution in [0.15, 0.2) is 23.1 Å². The number of hydrogen-bond donors (Lipinski definition) is 1. The molecule has 1 aromatic rings. The fourth-order valence-corrected chi connectivity index (χ4v) is 3.77. The van der Waals surface area contributed by atoms with Crippen LogP contribution in [0.5, 0.6) is 0 Å². The SMILES string of the molecule is CSc1cccc(N2CCC(C(C)(C)C)CC2)c1C(=O)O. The molecule has 116 valence electrons. The molecule has 1 heterocycles. The minimum atomic E-state index is -0.826. The molecule has 1 N–H and O–H groups in total. The number of nitrogens with zero attached hydrogens (tertiary/aromatic N) is 1. The first kappa shape index (κ1) is 16.2. The summed E-state index contributed by atoms with van der Waals surface area (Å²) in [4.78, 5) is 14.7. The van der Waals surface area contributed by atoms with Gasteiger partial charge in [-0.3, -0.25) is 0 Å². The summed E-state index contributed by atoms with van der Waals surface area (Å²) < 4.78 is 0. The molecule has 1 fully saturated rings. The number of hydrogen-bond acceptors (Lipinski definition) is 3. The van der Waals surface area contributed by atoms with E-state index < -0.39 is 5.97 Å². The van der Waals surface area contributed by atoms with Crippen molar-refractivity contribution in [3.8, 4) is 0 Å². The number of carboxylic acid groups (broad SMARTS) is 1. The van der Waals surface area contributed by atoms with Crippen molar-refractivity contribution >= 4 is 23.4 Å². The quantitative estimate of drug-likeness (QED) is 0.842. The van der Waals surface area contributed by atoms with Gasteiger partial charge in [-0.1, -0.05) is 26.8 Å². The van der Waals surface area contributed by atoms with Gasteiger partial charge in [0.05, 0.1) is 11.3 Å². The number of thioether (sulfide) groups is 1. The van der Waals surface area contributed by atoms with Crippen molar-refractivity contribution in [2.45, 2.75) is 38.5 Å². The lowest BCUT2D eigenvalue weighted by Gasteiger charge is -2.40. The van der Waals surface area contributed by atoms with E-state index >= 15 is 0 Å². The maximum Gasteiger partial charge on any atom is 0.338 e. The van der Waals surface area contributed by atoms with Gasteiger partial charge < -0.3 is 10.0 Å². The van der Waals surface area contributed by atoms with E-state index in [9.17, 15) is 9.90 Å². The number of rotatable bonds is 3. The Morgan fingerprint density at radius 1 is 1.29 bits per heavy atom. The molecule has 0 bridgehead atoms. The summed E-state index contributed by atoms with van der Waals surface area (Å²) in [5.74, 6) is -0.112. The Labute approximate surface area is 131 Å². The van der Waals surface area contributed by atoms with E-state index in [1.807, 2.05) is 24.5 Å². The Morgan fingerprint density at radius 3 is 2.38 bits per heavy atom. The van der Waals surface area contributed by atoms with Crippen LogP contribution in [0.2, 0.25) is 0 Å². The van der Waals surface area contributed by atoms with Crippen LogP contribution in [0.1, 0.15) is 44.0 Å². The van der Waals surface area contributed by atoms with Crippen LogP contribution in [-0.2, 0) is 0 Å². The molecule has 0 saturated carbocycles. The van der Waals surface area contributed by atoms with Crippen LogP contribution >= 0.6 is 11.8 Å². The van der Waals surface area contributed by atoms with E-state index in [1.54, 1.807) is 0 Å². The highest BCUT2D eigenvalue weighted by molar-refractivity contribution is 7.98. The summed E-state index contributed by atoms with van der Waals surface area (Å²) >= 11 is 1.50.